The Bertz CT molecular complexity index is 583. The Labute approximate surface area is 122 Å². The van der Waals surface area contributed by atoms with Crippen LogP contribution in [-0.2, 0) is 6.54 Å². The molecule has 0 atom stereocenters. The number of nitrogens with one attached hydrogen (secondary N) is 2. The topological polar surface area (TPSA) is 89.0 Å². The predicted octanol–water partition coefficient (Wildman–Crippen LogP) is 1.24. The highest BCUT2D eigenvalue weighted by atomic mass is 16.5. The van der Waals surface area contributed by atoms with Crippen LogP contribution in [-0.4, -0.2) is 34.7 Å². The van der Waals surface area contributed by atoms with Gasteiger partial charge in [-0.3, -0.25) is 4.79 Å². The summed E-state index contributed by atoms with van der Waals surface area (Å²) < 4.78 is 4.97. The summed E-state index contributed by atoms with van der Waals surface area (Å²) in [5.74, 6) is 0.907. The van der Waals surface area contributed by atoms with Gasteiger partial charge in [-0.2, -0.15) is 0 Å². The van der Waals surface area contributed by atoms with E-state index >= 15 is 0 Å². The summed E-state index contributed by atoms with van der Waals surface area (Å²) in [6.07, 6.45) is 1.65. The minimum Gasteiger partial charge on any atom is -0.481 e. The van der Waals surface area contributed by atoms with Crippen LogP contribution in [0.1, 0.15) is 23.0 Å². The van der Waals surface area contributed by atoms with Gasteiger partial charge < -0.3 is 15.4 Å². The van der Waals surface area contributed by atoms with Gasteiger partial charge in [-0.05, 0) is 24.6 Å². The van der Waals surface area contributed by atoms with Gasteiger partial charge in [0.2, 0.25) is 5.88 Å². The number of hydrogen-bond acceptors (Lipinski definition) is 6. The fourth-order valence-corrected chi connectivity index (χ4v) is 1.64. The third-order valence-electron chi connectivity index (χ3n) is 2.71. The number of amides is 1. The van der Waals surface area contributed by atoms with E-state index in [0.29, 0.717) is 18.2 Å². The first-order valence-electron chi connectivity index (χ1n) is 6.57. The molecule has 0 saturated carbocycles. The van der Waals surface area contributed by atoms with Crippen LogP contribution in [0.15, 0.2) is 30.5 Å². The second kappa shape index (κ2) is 7.18. The van der Waals surface area contributed by atoms with Crippen LogP contribution in [0.4, 0.5) is 5.82 Å². The molecule has 0 bridgehead atoms. The number of methoxy groups -OCH3 is 1. The Morgan fingerprint density at radius 1 is 1.24 bits per heavy atom. The quantitative estimate of drug-likeness (QED) is 0.831. The predicted molar refractivity (Wildman–Crippen MR) is 78.2 cm³/mol. The highest BCUT2D eigenvalue weighted by Crippen LogP contribution is 2.07. The van der Waals surface area contributed by atoms with Crippen LogP contribution in [0.3, 0.4) is 0 Å². The first-order valence-corrected chi connectivity index (χ1v) is 6.57. The number of rotatable bonds is 6. The fraction of sp³-hybridized carbons (Fsp3) is 0.286. The zero-order chi connectivity index (χ0) is 15.1. The first kappa shape index (κ1) is 14.7. The zero-order valence-corrected chi connectivity index (χ0v) is 12.0. The minimum atomic E-state index is -0.277. The summed E-state index contributed by atoms with van der Waals surface area (Å²) in [6.45, 7) is 3.09. The maximum absolute atomic E-state index is 11.9. The highest BCUT2D eigenvalue weighted by Gasteiger charge is 2.08. The second-order valence-corrected chi connectivity index (χ2v) is 4.23. The Balaban J connectivity index is 1.91. The van der Waals surface area contributed by atoms with Gasteiger partial charge in [-0.1, -0.05) is 6.07 Å². The van der Waals surface area contributed by atoms with E-state index in [1.165, 1.54) is 0 Å². The van der Waals surface area contributed by atoms with E-state index in [2.05, 4.69) is 25.8 Å². The fourth-order valence-electron chi connectivity index (χ4n) is 1.64. The molecule has 0 aliphatic heterocycles. The number of carbonyl (C=O) groups excluding carboxylic acids is 1. The Morgan fingerprint density at radius 3 is 2.67 bits per heavy atom. The molecule has 0 spiro atoms. The SMILES string of the molecule is CCNc1ccc(C(=O)NCc2ccc(OC)nc2)nn1. The molecular formula is C14H17N5O2. The van der Waals surface area contributed by atoms with Crippen molar-refractivity contribution in [3.8, 4) is 5.88 Å². The lowest BCUT2D eigenvalue weighted by molar-refractivity contribution is 0.0945. The molecule has 1 amide bonds. The highest BCUT2D eigenvalue weighted by molar-refractivity contribution is 5.92. The van der Waals surface area contributed by atoms with Crippen molar-refractivity contribution in [1.82, 2.24) is 20.5 Å². The van der Waals surface area contributed by atoms with Gasteiger partial charge in [-0.25, -0.2) is 4.98 Å². The molecule has 7 nitrogen and oxygen atoms in total. The van der Waals surface area contributed by atoms with Crippen LogP contribution in [0.25, 0.3) is 0 Å². The van der Waals surface area contributed by atoms with Crippen molar-refractivity contribution in [1.29, 1.82) is 0 Å². The Morgan fingerprint density at radius 2 is 2.10 bits per heavy atom. The summed E-state index contributed by atoms with van der Waals surface area (Å²) >= 11 is 0. The largest absolute Gasteiger partial charge is 0.481 e. The number of carbonyl (C=O) groups is 1. The molecule has 2 rings (SSSR count). The standard InChI is InChI=1S/C14H17N5O2/c1-3-15-12-6-5-11(18-19-12)14(20)17-9-10-4-7-13(21-2)16-8-10/h4-8H,3,9H2,1-2H3,(H,15,19)(H,17,20). The lowest BCUT2D eigenvalue weighted by atomic mass is 10.2. The average Bonchev–Trinajstić information content (AvgIpc) is 2.54. The summed E-state index contributed by atoms with van der Waals surface area (Å²) in [7, 11) is 1.56. The van der Waals surface area contributed by atoms with E-state index in [1.807, 2.05) is 13.0 Å². The minimum absolute atomic E-state index is 0.276. The van der Waals surface area contributed by atoms with Gasteiger partial charge in [0.1, 0.15) is 5.82 Å². The molecular weight excluding hydrogens is 270 g/mol. The summed E-state index contributed by atoms with van der Waals surface area (Å²) in [5.41, 5.74) is 1.15. The van der Waals surface area contributed by atoms with E-state index in [-0.39, 0.29) is 11.6 Å². The molecule has 2 aromatic rings. The van der Waals surface area contributed by atoms with E-state index in [1.54, 1.807) is 31.5 Å². The van der Waals surface area contributed by atoms with Crippen LogP contribution in [0.2, 0.25) is 0 Å². The van der Waals surface area contributed by atoms with Gasteiger partial charge in [0, 0.05) is 25.4 Å². The molecule has 0 fully saturated rings. The van der Waals surface area contributed by atoms with Gasteiger partial charge >= 0.3 is 0 Å². The summed E-state index contributed by atoms with van der Waals surface area (Å²) in [5, 5.41) is 13.6. The monoisotopic (exact) mass is 287 g/mol. The van der Waals surface area contributed by atoms with Crippen molar-refractivity contribution < 1.29 is 9.53 Å². The van der Waals surface area contributed by atoms with Crippen molar-refractivity contribution in [2.75, 3.05) is 19.0 Å². The van der Waals surface area contributed by atoms with Crippen LogP contribution in [0.5, 0.6) is 5.88 Å². The van der Waals surface area contributed by atoms with Crippen LogP contribution >= 0.6 is 0 Å². The smallest absolute Gasteiger partial charge is 0.272 e. The molecule has 0 radical (unpaired) electrons. The normalized spacial score (nSPS) is 10.0. The van der Waals surface area contributed by atoms with Crippen molar-refractivity contribution in [2.45, 2.75) is 13.5 Å². The van der Waals surface area contributed by atoms with Crippen molar-refractivity contribution in [3.05, 3.63) is 41.7 Å². The van der Waals surface area contributed by atoms with Crippen molar-refractivity contribution in [2.24, 2.45) is 0 Å². The molecule has 7 heteroatoms. The van der Waals surface area contributed by atoms with Crippen molar-refractivity contribution >= 4 is 11.7 Å². The maximum Gasteiger partial charge on any atom is 0.272 e. The van der Waals surface area contributed by atoms with E-state index in [4.69, 9.17) is 4.74 Å². The van der Waals surface area contributed by atoms with Crippen LogP contribution in [0, 0.1) is 0 Å². The zero-order valence-electron chi connectivity index (χ0n) is 12.0. The van der Waals surface area contributed by atoms with Gasteiger partial charge in [0.15, 0.2) is 5.69 Å². The number of nitrogens with zero attached hydrogens (tertiary/aromatic N) is 3. The number of pyridine rings is 1. The Hall–Kier alpha value is -2.70. The third-order valence-corrected chi connectivity index (χ3v) is 2.71. The molecule has 2 heterocycles. The lowest BCUT2D eigenvalue weighted by Gasteiger charge is -2.06. The van der Waals surface area contributed by atoms with Gasteiger partial charge in [0.25, 0.3) is 5.91 Å². The number of aromatic nitrogens is 3. The summed E-state index contributed by atoms with van der Waals surface area (Å²) in [4.78, 5) is 16.0. The molecule has 110 valence electrons. The van der Waals surface area contributed by atoms with Gasteiger partial charge in [0.05, 0.1) is 7.11 Å². The molecule has 0 aliphatic rings. The second-order valence-electron chi connectivity index (χ2n) is 4.23. The third kappa shape index (κ3) is 4.13. The molecule has 0 aliphatic carbocycles. The molecule has 2 aromatic heterocycles. The molecule has 21 heavy (non-hydrogen) atoms. The molecule has 0 unspecified atom stereocenters. The molecule has 2 N–H and O–H groups in total. The number of hydrogen-bond donors (Lipinski definition) is 2. The van der Waals surface area contributed by atoms with Gasteiger partial charge in [-0.15, -0.1) is 10.2 Å². The molecule has 0 aromatic carbocycles. The van der Waals surface area contributed by atoms with E-state index in [0.717, 1.165) is 12.1 Å². The van der Waals surface area contributed by atoms with E-state index < -0.39 is 0 Å². The van der Waals surface area contributed by atoms with Crippen LogP contribution < -0.4 is 15.4 Å². The first-order chi connectivity index (χ1) is 10.2. The summed E-state index contributed by atoms with van der Waals surface area (Å²) in [6, 6.07) is 6.94. The maximum atomic E-state index is 11.9. The van der Waals surface area contributed by atoms with E-state index in [9.17, 15) is 4.79 Å². The average molecular weight is 287 g/mol. The number of ether oxygens (including phenoxy) is 1. The molecule has 0 saturated heterocycles. The van der Waals surface area contributed by atoms with Crippen molar-refractivity contribution in [3.63, 3.8) is 0 Å². The number of anilines is 1. The Kier molecular flexibility index (Phi) is 5.03. The lowest BCUT2D eigenvalue weighted by Crippen LogP contribution is -2.24.